The Bertz CT molecular complexity index is 318. The lowest BCUT2D eigenvalue weighted by Crippen LogP contribution is -1.75. The molecule has 0 unspecified atom stereocenters. The van der Waals surface area contributed by atoms with Crippen LogP contribution >= 0.6 is 31.9 Å². The lowest BCUT2D eigenvalue weighted by molar-refractivity contribution is -0.104. The zero-order valence-electron chi connectivity index (χ0n) is 6.13. The van der Waals surface area contributed by atoms with Gasteiger partial charge in [-0.15, -0.1) is 0 Å². The van der Waals surface area contributed by atoms with Crippen LogP contribution in [0.15, 0.2) is 33.2 Å². The molecule has 1 nitrogen and oxygen atoms in total. The molecule has 0 aliphatic carbocycles. The van der Waals surface area contributed by atoms with E-state index >= 15 is 0 Å². The van der Waals surface area contributed by atoms with E-state index in [-0.39, 0.29) is 0 Å². The largest absolute Gasteiger partial charge is 0.299 e. The standard InChI is InChI=1S/C9H6Br2O/c10-8-3-4-9(11)7(6-8)2-1-5-12/h1-6H/b2-1+. The Morgan fingerprint density at radius 1 is 1.25 bits per heavy atom. The third kappa shape index (κ3) is 2.57. The van der Waals surface area contributed by atoms with Crippen LogP contribution in [0.5, 0.6) is 0 Å². The number of rotatable bonds is 2. The van der Waals surface area contributed by atoms with Crippen molar-refractivity contribution in [1.82, 2.24) is 0 Å². The highest BCUT2D eigenvalue weighted by Gasteiger charge is 1.95. The quantitative estimate of drug-likeness (QED) is 0.602. The minimum atomic E-state index is 0.757. The predicted molar refractivity (Wildman–Crippen MR) is 56.9 cm³/mol. The van der Waals surface area contributed by atoms with Crippen molar-refractivity contribution >= 4 is 44.2 Å². The zero-order valence-corrected chi connectivity index (χ0v) is 9.30. The fourth-order valence-corrected chi connectivity index (χ4v) is 1.54. The second-order valence-electron chi connectivity index (χ2n) is 2.16. The minimum Gasteiger partial charge on any atom is -0.299 e. The van der Waals surface area contributed by atoms with Gasteiger partial charge in [0.1, 0.15) is 6.29 Å². The van der Waals surface area contributed by atoms with Gasteiger partial charge in [0.25, 0.3) is 0 Å². The normalized spacial score (nSPS) is 10.5. The summed E-state index contributed by atoms with van der Waals surface area (Å²) in [6, 6.07) is 5.79. The Morgan fingerprint density at radius 2 is 2.00 bits per heavy atom. The van der Waals surface area contributed by atoms with Crippen molar-refractivity contribution in [3.63, 3.8) is 0 Å². The van der Waals surface area contributed by atoms with Gasteiger partial charge >= 0.3 is 0 Å². The predicted octanol–water partition coefficient (Wildman–Crippen LogP) is 3.42. The molecule has 1 aromatic carbocycles. The first kappa shape index (κ1) is 9.68. The molecule has 62 valence electrons. The molecule has 0 saturated carbocycles. The number of allylic oxidation sites excluding steroid dienone is 1. The Morgan fingerprint density at radius 3 is 2.67 bits per heavy atom. The average molecular weight is 290 g/mol. The molecular weight excluding hydrogens is 284 g/mol. The highest BCUT2D eigenvalue weighted by molar-refractivity contribution is 9.11. The van der Waals surface area contributed by atoms with Gasteiger partial charge in [-0.3, -0.25) is 4.79 Å². The number of carbonyl (C=O) groups excluding carboxylic acids is 1. The lowest BCUT2D eigenvalue weighted by atomic mass is 10.2. The molecule has 12 heavy (non-hydrogen) atoms. The van der Waals surface area contributed by atoms with E-state index in [1.54, 1.807) is 6.08 Å². The summed E-state index contributed by atoms with van der Waals surface area (Å²) in [5.41, 5.74) is 0.983. The average Bonchev–Trinajstić information content (AvgIpc) is 2.07. The van der Waals surface area contributed by atoms with Gasteiger partial charge in [-0.05, 0) is 29.8 Å². The van der Waals surface area contributed by atoms with E-state index in [0.29, 0.717) is 0 Å². The van der Waals surface area contributed by atoms with Crippen LogP contribution in [0.4, 0.5) is 0 Å². The molecule has 3 heteroatoms. The van der Waals surface area contributed by atoms with Gasteiger partial charge < -0.3 is 0 Å². The van der Waals surface area contributed by atoms with E-state index in [1.165, 1.54) is 6.08 Å². The first-order valence-electron chi connectivity index (χ1n) is 3.31. The maximum absolute atomic E-state index is 10.1. The number of hydrogen-bond acceptors (Lipinski definition) is 1. The molecule has 0 spiro atoms. The van der Waals surface area contributed by atoms with Gasteiger partial charge in [0.05, 0.1) is 0 Å². The first-order valence-corrected chi connectivity index (χ1v) is 4.89. The van der Waals surface area contributed by atoms with Gasteiger partial charge in [0.2, 0.25) is 0 Å². The van der Waals surface area contributed by atoms with Crippen LogP contribution in [-0.4, -0.2) is 6.29 Å². The summed E-state index contributed by atoms with van der Waals surface area (Å²) in [6.07, 6.45) is 3.97. The Labute approximate surface area is 87.7 Å². The van der Waals surface area contributed by atoms with Crippen LogP contribution in [-0.2, 0) is 4.79 Å². The molecule has 0 N–H and O–H groups in total. The number of aldehydes is 1. The van der Waals surface area contributed by atoms with Gasteiger partial charge in [-0.2, -0.15) is 0 Å². The molecular formula is C9H6Br2O. The third-order valence-electron chi connectivity index (χ3n) is 1.31. The van der Waals surface area contributed by atoms with E-state index in [2.05, 4.69) is 31.9 Å². The number of hydrogen-bond donors (Lipinski definition) is 0. The maximum Gasteiger partial charge on any atom is 0.142 e. The van der Waals surface area contributed by atoms with Crippen LogP contribution in [0.2, 0.25) is 0 Å². The lowest BCUT2D eigenvalue weighted by Gasteiger charge is -1.97. The van der Waals surface area contributed by atoms with Gasteiger partial charge in [0, 0.05) is 8.95 Å². The summed E-state index contributed by atoms with van der Waals surface area (Å²) in [7, 11) is 0. The highest BCUT2D eigenvalue weighted by Crippen LogP contribution is 2.22. The van der Waals surface area contributed by atoms with Crippen molar-refractivity contribution in [2.24, 2.45) is 0 Å². The second-order valence-corrected chi connectivity index (χ2v) is 3.93. The first-order chi connectivity index (χ1) is 5.74. The fourth-order valence-electron chi connectivity index (χ4n) is 0.785. The number of carbonyl (C=O) groups is 1. The molecule has 0 aromatic heterocycles. The Kier molecular flexibility index (Phi) is 3.69. The van der Waals surface area contributed by atoms with Crippen LogP contribution in [0.1, 0.15) is 5.56 Å². The van der Waals surface area contributed by atoms with Crippen molar-refractivity contribution in [2.45, 2.75) is 0 Å². The second kappa shape index (κ2) is 4.58. The number of benzene rings is 1. The van der Waals surface area contributed by atoms with Gasteiger partial charge in [0.15, 0.2) is 0 Å². The molecule has 1 rings (SSSR count). The smallest absolute Gasteiger partial charge is 0.142 e. The summed E-state index contributed by atoms with van der Waals surface area (Å²) in [5.74, 6) is 0. The molecule has 0 amide bonds. The number of halogens is 2. The van der Waals surface area contributed by atoms with E-state index in [4.69, 9.17) is 0 Å². The SMILES string of the molecule is O=C/C=C/c1cc(Br)ccc1Br. The molecule has 0 aliphatic rings. The van der Waals surface area contributed by atoms with Gasteiger partial charge in [-0.25, -0.2) is 0 Å². The summed E-state index contributed by atoms with van der Waals surface area (Å²) < 4.78 is 1.97. The van der Waals surface area contributed by atoms with Crippen LogP contribution in [0.25, 0.3) is 6.08 Å². The zero-order chi connectivity index (χ0) is 8.97. The molecule has 0 saturated heterocycles. The summed E-state index contributed by atoms with van der Waals surface area (Å²) >= 11 is 6.72. The molecule has 0 heterocycles. The topological polar surface area (TPSA) is 17.1 Å². The third-order valence-corrected chi connectivity index (χ3v) is 2.53. The molecule has 1 aromatic rings. The van der Waals surface area contributed by atoms with Crippen molar-refractivity contribution in [3.05, 3.63) is 38.8 Å². The van der Waals surface area contributed by atoms with E-state index in [1.807, 2.05) is 18.2 Å². The van der Waals surface area contributed by atoms with Crippen LogP contribution in [0.3, 0.4) is 0 Å². The molecule has 0 radical (unpaired) electrons. The van der Waals surface area contributed by atoms with E-state index in [0.717, 1.165) is 20.8 Å². The van der Waals surface area contributed by atoms with Crippen molar-refractivity contribution in [3.8, 4) is 0 Å². The van der Waals surface area contributed by atoms with E-state index in [9.17, 15) is 4.79 Å². The molecule has 0 aliphatic heterocycles. The van der Waals surface area contributed by atoms with Crippen molar-refractivity contribution < 1.29 is 4.79 Å². The molecule has 0 bridgehead atoms. The molecule has 0 atom stereocenters. The Hall–Kier alpha value is -0.410. The van der Waals surface area contributed by atoms with Crippen LogP contribution in [0, 0.1) is 0 Å². The minimum absolute atomic E-state index is 0.757. The highest BCUT2D eigenvalue weighted by atomic mass is 79.9. The van der Waals surface area contributed by atoms with Gasteiger partial charge in [-0.1, -0.05) is 37.9 Å². The molecule has 0 fully saturated rings. The Balaban J connectivity index is 3.04. The summed E-state index contributed by atoms with van der Waals surface area (Å²) in [6.45, 7) is 0. The summed E-state index contributed by atoms with van der Waals surface area (Å²) in [5, 5.41) is 0. The fraction of sp³-hybridized carbons (Fsp3) is 0. The van der Waals surface area contributed by atoms with Crippen LogP contribution < -0.4 is 0 Å². The monoisotopic (exact) mass is 288 g/mol. The van der Waals surface area contributed by atoms with Crippen molar-refractivity contribution in [2.75, 3.05) is 0 Å². The summed E-state index contributed by atoms with van der Waals surface area (Å²) in [4.78, 5) is 10.1. The van der Waals surface area contributed by atoms with E-state index < -0.39 is 0 Å². The maximum atomic E-state index is 10.1. The van der Waals surface area contributed by atoms with Crippen molar-refractivity contribution in [1.29, 1.82) is 0 Å².